The second-order valence-corrected chi connectivity index (χ2v) is 4.14. The summed E-state index contributed by atoms with van der Waals surface area (Å²) in [5.74, 6) is 0. The van der Waals surface area contributed by atoms with Crippen LogP contribution in [0.25, 0.3) is 0 Å². The third kappa shape index (κ3) is 5.49. The molecule has 0 radical (unpaired) electrons. The summed E-state index contributed by atoms with van der Waals surface area (Å²) in [5.41, 5.74) is 8.90. The summed E-state index contributed by atoms with van der Waals surface area (Å²) in [5, 5.41) is 0. The van der Waals surface area contributed by atoms with Crippen molar-refractivity contribution in [3.05, 3.63) is 29.3 Å². The molecular weight excluding hydrogens is 230 g/mol. The maximum absolute atomic E-state index is 5.83. The largest absolute Gasteiger partial charge is 0.399 e. The molecule has 1 aromatic rings. The van der Waals surface area contributed by atoms with E-state index in [0.717, 1.165) is 23.2 Å². The van der Waals surface area contributed by atoms with Crippen LogP contribution in [0, 0.1) is 6.92 Å². The lowest BCUT2D eigenvalue weighted by Gasteiger charge is -2.09. The van der Waals surface area contributed by atoms with E-state index in [1.807, 2.05) is 25.1 Å². The molecule has 0 spiro atoms. The summed E-state index contributed by atoms with van der Waals surface area (Å²) in [6.45, 7) is 5.31. The smallest absolute Gasteiger partial charge is 0.0720 e. The van der Waals surface area contributed by atoms with Crippen LogP contribution in [0.1, 0.15) is 17.5 Å². The van der Waals surface area contributed by atoms with Crippen molar-refractivity contribution in [2.75, 3.05) is 39.3 Å². The van der Waals surface area contributed by atoms with Crippen molar-refractivity contribution in [2.45, 2.75) is 20.0 Å². The van der Waals surface area contributed by atoms with Crippen molar-refractivity contribution >= 4 is 5.69 Å². The molecule has 0 heterocycles. The Labute approximate surface area is 109 Å². The monoisotopic (exact) mass is 253 g/mol. The Hall–Kier alpha value is -1.10. The van der Waals surface area contributed by atoms with Gasteiger partial charge in [-0.05, 0) is 30.5 Å². The molecule has 0 unspecified atom stereocenters. The number of benzene rings is 1. The highest BCUT2D eigenvalue weighted by Crippen LogP contribution is 2.16. The lowest BCUT2D eigenvalue weighted by molar-refractivity contribution is 0.0483. The number of nitrogens with two attached hydrogens (primary N) is 1. The first-order valence-corrected chi connectivity index (χ1v) is 6.24. The Kier molecular flexibility index (Phi) is 7.41. The maximum Gasteiger partial charge on any atom is 0.0720 e. The van der Waals surface area contributed by atoms with Crippen LogP contribution >= 0.6 is 0 Å². The lowest BCUT2D eigenvalue weighted by atomic mass is 10.1. The Morgan fingerprint density at radius 2 is 1.83 bits per heavy atom. The van der Waals surface area contributed by atoms with Crippen LogP contribution < -0.4 is 5.73 Å². The minimum atomic E-state index is 0.606. The Morgan fingerprint density at radius 3 is 2.61 bits per heavy atom. The van der Waals surface area contributed by atoms with Crippen molar-refractivity contribution in [3.8, 4) is 0 Å². The first-order valence-electron chi connectivity index (χ1n) is 6.24. The van der Waals surface area contributed by atoms with E-state index < -0.39 is 0 Å². The zero-order valence-corrected chi connectivity index (χ0v) is 11.3. The summed E-state index contributed by atoms with van der Waals surface area (Å²) in [6.07, 6.45) is 0.894. The van der Waals surface area contributed by atoms with E-state index in [0.29, 0.717) is 33.0 Å². The van der Waals surface area contributed by atoms with Gasteiger partial charge < -0.3 is 19.9 Å². The van der Waals surface area contributed by atoms with E-state index in [1.165, 1.54) is 0 Å². The van der Waals surface area contributed by atoms with E-state index in [2.05, 4.69) is 0 Å². The standard InChI is InChI=1S/C14H23NO3/c1-12-13(5-3-6-14(12)15)11-18-8-4-7-17-10-9-16-2/h3,5-6H,4,7-11,15H2,1-2H3. The normalized spacial score (nSPS) is 10.8. The first-order chi connectivity index (χ1) is 8.75. The zero-order chi connectivity index (χ0) is 13.2. The van der Waals surface area contributed by atoms with Gasteiger partial charge in [-0.1, -0.05) is 12.1 Å². The predicted octanol–water partition coefficient (Wildman–Crippen LogP) is 2.15. The number of rotatable bonds is 9. The molecule has 4 heteroatoms. The predicted molar refractivity (Wildman–Crippen MR) is 72.6 cm³/mol. The summed E-state index contributed by atoms with van der Waals surface area (Å²) >= 11 is 0. The van der Waals surface area contributed by atoms with E-state index in [4.69, 9.17) is 19.9 Å². The molecular formula is C14H23NO3. The van der Waals surface area contributed by atoms with Crippen molar-refractivity contribution in [3.63, 3.8) is 0 Å². The van der Waals surface area contributed by atoms with Crippen molar-refractivity contribution in [1.29, 1.82) is 0 Å². The second kappa shape index (κ2) is 8.91. The van der Waals surface area contributed by atoms with Crippen LogP contribution in [0.4, 0.5) is 5.69 Å². The van der Waals surface area contributed by atoms with Gasteiger partial charge in [0, 0.05) is 26.0 Å². The van der Waals surface area contributed by atoms with Gasteiger partial charge in [-0.25, -0.2) is 0 Å². The number of hydrogen-bond acceptors (Lipinski definition) is 4. The van der Waals surface area contributed by atoms with Crippen LogP contribution in [-0.2, 0) is 20.8 Å². The number of methoxy groups -OCH3 is 1. The van der Waals surface area contributed by atoms with Gasteiger partial charge in [-0.2, -0.15) is 0 Å². The molecule has 0 aliphatic rings. The highest BCUT2D eigenvalue weighted by atomic mass is 16.5. The molecule has 0 fully saturated rings. The molecule has 0 saturated carbocycles. The highest BCUT2D eigenvalue weighted by Gasteiger charge is 2.00. The average molecular weight is 253 g/mol. The first kappa shape index (κ1) is 15.0. The molecule has 0 saturated heterocycles. The summed E-state index contributed by atoms with van der Waals surface area (Å²) < 4.78 is 15.8. The van der Waals surface area contributed by atoms with Gasteiger partial charge in [0.2, 0.25) is 0 Å². The molecule has 1 rings (SSSR count). The Balaban J connectivity index is 2.09. The van der Waals surface area contributed by atoms with Crippen LogP contribution in [0.3, 0.4) is 0 Å². The van der Waals surface area contributed by atoms with Gasteiger partial charge in [0.25, 0.3) is 0 Å². The van der Waals surface area contributed by atoms with Gasteiger partial charge >= 0.3 is 0 Å². The van der Waals surface area contributed by atoms with Crippen molar-refractivity contribution in [1.82, 2.24) is 0 Å². The topological polar surface area (TPSA) is 53.7 Å². The molecule has 102 valence electrons. The Morgan fingerprint density at radius 1 is 1.06 bits per heavy atom. The molecule has 0 atom stereocenters. The number of hydrogen-bond donors (Lipinski definition) is 1. The van der Waals surface area contributed by atoms with E-state index in [-0.39, 0.29) is 0 Å². The van der Waals surface area contributed by atoms with Gasteiger partial charge in [0.1, 0.15) is 0 Å². The Bertz CT molecular complexity index is 342. The molecule has 18 heavy (non-hydrogen) atoms. The van der Waals surface area contributed by atoms with Crippen molar-refractivity contribution in [2.24, 2.45) is 0 Å². The fraction of sp³-hybridized carbons (Fsp3) is 0.571. The quantitative estimate of drug-likeness (QED) is 0.541. The van der Waals surface area contributed by atoms with E-state index in [1.54, 1.807) is 7.11 Å². The summed E-state index contributed by atoms with van der Waals surface area (Å²) in [6, 6.07) is 5.90. The third-order valence-corrected chi connectivity index (χ3v) is 2.75. The highest BCUT2D eigenvalue weighted by molar-refractivity contribution is 5.49. The van der Waals surface area contributed by atoms with Gasteiger partial charge in [0.15, 0.2) is 0 Å². The summed E-state index contributed by atoms with van der Waals surface area (Å²) in [7, 11) is 1.67. The number of anilines is 1. The number of nitrogen functional groups attached to an aromatic ring is 1. The molecule has 2 N–H and O–H groups in total. The summed E-state index contributed by atoms with van der Waals surface area (Å²) in [4.78, 5) is 0. The maximum atomic E-state index is 5.83. The van der Waals surface area contributed by atoms with Crippen LogP contribution in [-0.4, -0.2) is 33.5 Å². The minimum Gasteiger partial charge on any atom is -0.399 e. The molecule has 0 bridgehead atoms. The van der Waals surface area contributed by atoms with Crippen molar-refractivity contribution < 1.29 is 14.2 Å². The third-order valence-electron chi connectivity index (χ3n) is 2.75. The SMILES string of the molecule is COCCOCCCOCc1cccc(N)c1C. The van der Waals surface area contributed by atoms with Gasteiger partial charge in [-0.15, -0.1) is 0 Å². The molecule has 0 amide bonds. The van der Waals surface area contributed by atoms with Crippen LogP contribution in [0.2, 0.25) is 0 Å². The molecule has 0 aliphatic heterocycles. The van der Waals surface area contributed by atoms with Gasteiger partial charge in [0.05, 0.1) is 19.8 Å². The van der Waals surface area contributed by atoms with Gasteiger partial charge in [-0.3, -0.25) is 0 Å². The number of ether oxygens (including phenoxy) is 3. The van der Waals surface area contributed by atoms with Crippen LogP contribution in [0.15, 0.2) is 18.2 Å². The second-order valence-electron chi connectivity index (χ2n) is 4.14. The minimum absolute atomic E-state index is 0.606. The molecule has 1 aromatic carbocycles. The molecule has 0 aliphatic carbocycles. The molecule has 4 nitrogen and oxygen atoms in total. The van der Waals surface area contributed by atoms with E-state index >= 15 is 0 Å². The molecule has 0 aromatic heterocycles. The fourth-order valence-electron chi connectivity index (χ4n) is 1.55. The fourth-order valence-corrected chi connectivity index (χ4v) is 1.55. The van der Waals surface area contributed by atoms with E-state index in [9.17, 15) is 0 Å². The lowest BCUT2D eigenvalue weighted by Crippen LogP contribution is -2.06. The zero-order valence-electron chi connectivity index (χ0n) is 11.3. The average Bonchev–Trinajstić information content (AvgIpc) is 2.37. The van der Waals surface area contributed by atoms with Crippen LogP contribution in [0.5, 0.6) is 0 Å².